The van der Waals surface area contributed by atoms with Crippen molar-refractivity contribution in [2.75, 3.05) is 5.32 Å². The van der Waals surface area contributed by atoms with Crippen LogP contribution in [-0.4, -0.2) is 21.2 Å². The van der Waals surface area contributed by atoms with Crippen molar-refractivity contribution < 1.29 is 14.3 Å². The van der Waals surface area contributed by atoms with E-state index in [2.05, 4.69) is 15.5 Å². The number of nitrogens with zero attached hydrogens (tertiary/aromatic N) is 1. The predicted molar refractivity (Wildman–Crippen MR) is 64.0 cm³/mol. The number of rotatable bonds is 3. The first kappa shape index (κ1) is 12.1. The Morgan fingerprint density at radius 2 is 2.28 bits per heavy atom. The Bertz CT molecular complexity index is 580. The number of nitrogens with one attached hydrogen (secondary N) is 2. The number of benzene rings is 1. The maximum absolute atomic E-state index is 13.4. The monoisotopic (exact) mass is 249 g/mol. The van der Waals surface area contributed by atoms with Crippen LogP contribution in [0.15, 0.2) is 24.3 Å². The van der Waals surface area contributed by atoms with Crippen molar-refractivity contribution in [2.45, 2.75) is 13.3 Å². The number of phenols is 1. The van der Waals surface area contributed by atoms with E-state index in [0.717, 1.165) is 18.2 Å². The minimum absolute atomic E-state index is 0.145. The summed E-state index contributed by atoms with van der Waals surface area (Å²) in [7, 11) is 0. The molecule has 94 valence electrons. The zero-order valence-electron chi connectivity index (χ0n) is 9.70. The second kappa shape index (κ2) is 4.87. The van der Waals surface area contributed by atoms with Gasteiger partial charge in [0.15, 0.2) is 5.82 Å². The molecule has 0 radical (unpaired) electrons. The fourth-order valence-corrected chi connectivity index (χ4v) is 1.48. The summed E-state index contributed by atoms with van der Waals surface area (Å²) in [6, 6.07) is 5.03. The molecule has 2 aromatic rings. The van der Waals surface area contributed by atoms with E-state index >= 15 is 0 Å². The number of aromatic hydroxyl groups is 1. The lowest BCUT2D eigenvalue weighted by Gasteiger charge is -2.03. The smallest absolute Gasteiger partial charge is 0.259 e. The average molecular weight is 249 g/mol. The summed E-state index contributed by atoms with van der Waals surface area (Å²) in [6.07, 6.45) is 0.760. The number of halogens is 1. The summed E-state index contributed by atoms with van der Waals surface area (Å²) in [6.45, 7) is 1.94. The van der Waals surface area contributed by atoms with Crippen LogP contribution in [0.5, 0.6) is 5.75 Å². The van der Waals surface area contributed by atoms with Crippen LogP contribution in [-0.2, 0) is 6.42 Å². The number of carbonyl (C=O) groups is 1. The summed E-state index contributed by atoms with van der Waals surface area (Å²) in [4.78, 5) is 11.8. The SMILES string of the molecule is CCc1cc(NC(=O)c2ccc(O)cc2F)n[nH]1. The molecule has 0 aliphatic carbocycles. The third-order valence-electron chi connectivity index (χ3n) is 2.45. The topological polar surface area (TPSA) is 78.0 Å². The number of amides is 1. The molecule has 3 N–H and O–H groups in total. The van der Waals surface area contributed by atoms with E-state index < -0.39 is 11.7 Å². The van der Waals surface area contributed by atoms with Gasteiger partial charge in [-0.3, -0.25) is 9.89 Å². The number of aromatic amines is 1. The van der Waals surface area contributed by atoms with E-state index in [1.165, 1.54) is 12.1 Å². The number of aromatic nitrogens is 2. The van der Waals surface area contributed by atoms with E-state index in [0.29, 0.717) is 5.82 Å². The molecule has 2 rings (SSSR count). The van der Waals surface area contributed by atoms with Gasteiger partial charge in [-0.2, -0.15) is 5.10 Å². The molecule has 0 fully saturated rings. The molecule has 0 unspecified atom stereocenters. The van der Waals surface area contributed by atoms with Crippen molar-refractivity contribution in [3.63, 3.8) is 0 Å². The van der Waals surface area contributed by atoms with Crippen LogP contribution in [0.4, 0.5) is 10.2 Å². The van der Waals surface area contributed by atoms with E-state index in [9.17, 15) is 9.18 Å². The van der Waals surface area contributed by atoms with Crippen LogP contribution < -0.4 is 5.32 Å². The Labute approximate surface area is 103 Å². The van der Waals surface area contributed by atoms with Gasteiger partial charge in [0.05, 0.1) is 5.56 Å². The normalized spacial score (nSPS) is 10.3. The highest BCUT2D eigenvalue weighted by molar-refractivity contribution is 6.04. The highest BCUT2D eigenvalue weighted by atomic mass is 19.1. The molecule has 1 aromatic carbocycles. The van der Waals surface area contributed by atoms with Crippen LogP contribution >= 0.6 is 0 Å². The van der Waals surface area contributed by atoms with Gasteiger partial charge in [-0.05, 0) is 18.6 Å². The Kier molecular flexibility index (Phi) is 3.27. The lowest BCUT2D eigenvalue weighted by Crippen LogP contribution is -2.13. The first-order valence-electron chi connectivity index (χ1n) is 5.44. The number of carbonyl (C=O) groups excluding carboxylic acids is 1. The fourth-order valence-electron chi connectivity index (χ4n) is 1.48. The van der Waals surface area contributed by atoms with Gasteiger partial charge in [-0.15, -0.1) is 0 Å². The Hall–Kier alpha value is -2.37. The van der Waals surface area contributed by atoms with E-state index in [1.54, 1.807) is 6.07 Å². The first-order chi connectivity index (χ1) is 8.60. The molecule has 0 atom stereocenters. The molecular weight excluding hydrogens is 237 g/mol. The molecule has 1 aromatic heterocycles. The van der Waals surface area contributed by atoms with E-state index in [1.807, 2.05) is 6.92 Å². The van der Waals surface area contributed by atoms with Crippen molar-refractivity contribution in [3.05, 3.63) is 41.3 Å². The summed E-state index contributed by atoms with van der Waals surface area (Å²) in [5, 5.41) is 18.1. The average Bonchev–Trinajstić information content (AvgIpc) is 2.76. The highest BCUT2D eigenvalue weighted by Crippen LogP contribution is 2.16. The van der Waals surface area contributed by atoms with Crippen LogP contribution in [0, 0.1) is 5.82 Å². The maximum atomic E-state index is 13.4. The molecule has 1 heterocycles. The Balaban J connectivity index is 2.16. The third kappa shape index (κ3) is 2.48. The predicted octanol–water partition coefficient (Wildman–Crippen LogP) is 2.07. The molecule has 18 heavy (non-hydrogen) atoms. The summed E-state index contributed by atoms with van der Waals surface area (Å²) in [5.74, 6) is -1.28. The van der Waals surface area contributed by atoms with Gasteiger partial charge in [-0.1, -0.05) is 6.92 Å². The van der Waals surface area contributed by atoms with Crippen LogP contribution in [0.1, 0.15) is 23.0 Å². The van der Waals surface area contributed by atoms with E-state index in [4.69, 9.17) is 5.11 Å². The quantitative estimate of drug-likeness (QED) is 0.779. The van der Waals surface area contributed by atoms with Gasteiger partial charge >= 0.3 is 0 Å². The maximum Gasteiger partial charge on any atom is 0.259 e. The van der Waals surface area contributed by atoms with Crippen molar-refractivity contribution in [1.29, 1.82) is 0 Å². The summed E-state index contributed by atoms with van der Waals surface area (Å²) >= 11 is 0. The minimum Gasteiger partial charge on any atom is -0.508 e. The second-order valence-electron chi connectivity index (χ2n) is 3.75. The molecule has 5 nitrogen and oxygen atoms in total. The lowest BCUT2D eigenvalue weighted by molar-refractivity contribution is 0.102. The highest BCUT2D eigenvalue weighted by Gasteiger charge is 2.13. The molecule has 0 saturated heterocycles. The Morgan fingerprint density at radius 3 is 2.89 bits per heavy atom. The zero-order valence-corrected chi connectivity index (χ0v) is 9.70. The first-order valence-corrected chi connectivity index (χ1v) is 5.44. The largest absolute Gasteiger partial charge is 0.508 e. The van der Waals surface area contributed by atoms with Gasteiger partial charge < -0.3 is 10.4 Å². The number of aryl methyl sites for hydroxylation is 1. The molecule has 0 saturated carbocycles. The van der Waals surface area contributed by atoms with E-state index in [-0.39, 0.29) is 11.3 Å². The molecule has 0 aliphatic rings. The lowest BCUT2D eigenvalue weighted by atomic mass is 10.2. The molecule has 1 amide bonds. The number of H-pyrrole nitrogens is 1. The summed E-state index contributed by atoms with van der Waals surface area (Å²) < 4.78 is 13.4. The number of phenolic OH excluding ortho intramolecular Hbond substituents is 1. The third-order valence-corrected chi connectivity index (χ3v) is 2.45. The number of hydrogen-bond acceptors (Lipinski definition) is 3. The standard InChI is InChI=1S/C12H12FN3O2/c1-2-7-5-11(16-15-7)14-12(18)9-4-3-8(17)6-10(9)13/h3-6,17H,2H2,1H3,(H2,14,15,16,18). The van der Waals surface area contributed by atoms with Crippen molar-refractivity contribution >= 4 is 11.7 Å². The minimum atomic E-state index is -0.779. The van der Waals surface area contributed by atoms with Gasteiger partial charge in [0.25, 0.3) is 5.91 Å². The van der Waals surface area contributed by atoms with Crippen molar-refractivity contribution in [2.24, 2.45) is 0 Å². The second-order valence-corrected chi connectivity index (χ2v) is 3.75. The molecule has 0 aliphatic heterocycles. The van der Waals surface area contributed by atoms with Gasteiger partial charge in [0, 0.05) is 17.8 Å². The fraction of sp³-hybridized carbons (Fsp3) is 0.167. The van der Waals surface area contributed by atoms with Gasteiger partial charge in [-0.25, -0.2) is 4.39 Å². The van der Waals surface area contributed by atoms with Crippen LogP contribution in [0.2, 0.25) is 0 Å². The zero-order chi connectivity index (χ0) is 13.1. The van der Waals surface area contributed by atoms with Crippen molar-refractivity contribution in [1.82, 2.24) is 10.2 Å². The molecule has 0 bridgehead atoms. The van der Waals surface area contributed by atoms with Crippen LogP contribution in [0.3, 0.4) is 0 Å². The van der Waals surface area contributed by atoms with Crippen LogP contribution in [0.25, 0.3) is 0 Å². The molecular formula is C12H12FN3O2. The summed E-state index contributed by atoms with van der Waals surface area (Å²) in [5.41, 5.74) is 0.727. The number of hydrogen-bond donors (Lipinski definition) is 3. The number of anilines is 1. The molecule has 0 spiro atoms. The molecule has 6 heteroatoms. The van der Waals surface area contributed by atoms with Gasteiger partial charge in [0.1, 0.15) is 11.6 Å². The van der Waals surface area contributed by atoms with Crippen molar-refractivity contribution in [3.8, 4) is 5.75 Å². The van der Waals surface area contributed by atoms with Gasteiger partial charge in [0.2, 0.25) is 0 Å². The Morgan fingerprint density at radius 1 is 1.50 bits per heavy atom.